The Bertz CT molecular complexity index is 630. The van der Waals surface area contributed by atoms with Crippen LogP contribution in [0.1, 0.15) is 22.4 Å². The summed E-state index contributed by atoms with van der Waals surface area (Å²) < 4.78 is 0. The fourth-order valence-corrected chi connectivity index (χ4v) is 2.86. The van der Waals surface area contributed by atoms with Gasteiger partial charge in [0.2, 0.25) is 11.8 Å². The SMILES string of the molecule is Cc1cccc(C)c1NC(=O)CNC(=O)CCc1cccs1. The highest BCUT2D eigenvalue weighted by molar-refractivity contribution is 7.09. The minimum atomic E-state index is -0.207. The highest BCUT2D eigenvalue weighted by Crippen LogP contribution is 2.19. The van der Waals surface area contributed by atoms with E-state index in [9.17, 15) is 9.59 Å². The Labute approximate surface area is 134 Å². The van der Waals surface area contributed by atoms with Crippen LogP contribution in [-0.4, -0.2) is 18.4 Å². The van der Waals surface area contributed by atoms with Crippen LogP contribution in [0.5, 0.6) is 0 Å². The van der Waals surface area contributed by atoms with Crippen LogP contribution in [0.2, 0.25) is 0 Å². The quantitative estimate of drug-likeness (QED) is 0.860. The minimum absolute atomic E-state index is 0.00293. The Kier molecular flexibility index (Phi) is 5.72. The summed E-state index contributed by atoms with van der Waals surface area (Å²) in [6.45, 7) is 3.89. The van der Waals surface area contributed by atoms with E-state index < -0.39 is 0 Å². The van der Waals surface area contributed by atoms with Crippen LogP contribution in [0.4, 0.5) is 5.69 Å². The molecule has 0 atom stereocenters. The first-order chi connectivity index (χ1) is 10.6. The topological polar surface area (TPSA) is 58.2 Å². The van der Waals surface area contributed by atoms with Crippen molar-refractivity contribution in [3.63, 3.8) is 0 Å². The van der Waals surface area contributed by atoms with Gasteiger partial charge in [0.25, 0.3) is 0 Å². The molecule has 0 spiro atoms. The Morgan fingerprint density at radius 1 is 1.05 bits per heavy atom. The van der Waals surface area contributed by atoms with Gasteiger partial charge in [-0.1, -0.05) is 24.3 Å². The summed E-state index contributed by atoms with van der Waals surface area (Å²) in [4.78, 5) is 24.8. The van der Waals surface area contributed by atoms with Crippen molar-refractivity contribution in [3.8, 4) is 0 Å². The molecule has 1 heterocycles. The minimum Gasteiger partial charge on any atom is -0.347 e. The summed E-state index contributed by atoms with van der Waals surface area (Å²) in [5.74, 6) is -0.313. The monoisotopic (exact) mass is 316 g/mol. The number of rotatable bonds is 6. The van der Waals surface area contributed by atoms with E-state index in [1.54, 1.807) is 11.3 Å². The lowest BCUT2D eigenvalue weighted by atomic mass is 10.1. The molecule has 4 nitrogen and oxygen atoms in total. The molecular weight excluding hydrogens is 296 g/mol. The molecule has 1 aromatic heterocycles. The number of aryl methyl sites for hydroxylation is 3. The summed E-state index contributed by atoms with van der Waals surface area (Å²) in [6, 6.07) is 9.82. The van der Waals surface area contributed by atoms with Crippen molar-refractivity contribution in [1.29, 1.82) is 0 Å². The van der Waals surface area contributed by atoms with Gasteiger partial charge in [0.1, 0.15) is 0 Å². The third-order valence-electron chi connectivity index (χ3n) is 3.37. The van der Waals surface area contributed by atoms with Crippen molar-refractivity contribution in [1.82, 2.24) is 5.32 Å². The molecule has 0 bridgehead atoms. The first-order valence-electron chi connectivity index (χ1n) is 7.21. The van der Waals surface area contributed by atoms with Gasteiger partial charge in [-0.2, -0.15) is 0 Å². The van der Waals surface area contributed by atoms with Crippen molar-refractivity contribution in [2.45, 2.75) is 26.7 Å². The van der Waals surface area contributed by atoms with Gasteiger partial charge in [-0.05, 0) is 42.8 Å². The van der Waals surface area contributed by atoms with Crippen molar-refractivity contribution in [2.75, 3.05) is 11.9 Å². The Morgan fingerprint density at radius 2 is 1.77 bits per heavy atom. The maximum atomic E-state index is 11.9. The van der Waals surface area contributed by atoms with Gasteiger partial charge in [0.15, 0.2) is 0 Å². The summed E-state index contributed by atoms with van der Waals surface area (Å²) in [5, 5.41) is 7.50. The number of para-hydroxylation sites is 1. The van der Waals surface area contributed by atoms with Gasteiger partial charge in [0.05, 0.1) is 6.54 Å². The van der Waals surface area contributed by atoms with E-state index in [0.717, 1.165) is 16.8 Å². The normalized spacial score (nSPS) is 10.3. The van der Waals surface area contributed by atoms with E-state index in [-0.39, 0.29) is 18.4 Å². The molecule has 5 heteroatoms. The molecule has 1 aromatic carbocycles. The van der Waals surface area contributed by atoms with Crippen LogP contribution in [0.3, 0.4) is 0 Å². The average Bonchev–Trinajstić information content (AvgIpc) is 3.00. The molecule has 0 unspecified atom stereocenters. The summed E-state index contributed by atoms with van der Waals surface area (Å²) in [7, 11) is 0. The maximum absolute atomic E-state index is 11.9. The van der Waals surface area contributed by atoms with Crippen molar-refractivity contribution in [3.05, 3.63) is 51.7 Å². The number of benzene rings is 1. The zero-order valence-electron chi connectivity index (χ0n) is 12.8. The molecule has 2 aromatic rings. The lowest BCUT2D eigenvalue weighted by molar-refractivity contribution is -0.124. The lowest BCUT2D eigenvalue weighted by Gasteiger charge is -2.11. The van der Waals surface area contributed by atoms with Crippen LogP contribution < -0.4 is 10.6 Å². The zero-order chi connectivity index (χ0) is 15.9. The third-order valence-corrected chi connectivity index (χ3v) is 4.31. The van der Waals surface area contributed by atoms with Gasteiger partial charge < -0.3 is 10.6 Å². The van der Waals surface area contributed by atoms with Gasteiger partial charge >= 0.3 is 0 Å². The molecule has 2 N–H and O–H groups in total. The maximum Gasteiger partial charge on any atom is 0.243 e. The second kappa shape index (κ2) is 7.75. The van der Waals surface area contributed by atoms with Crippen molar-refractivity contribution in [2.24, 2.45) is 0 Å². The van der Waals surface area contributed by atoms with E-state index in [0.29, 0.717) is 12.8 Å². The number of nitrogens with one attached hydrogen (secondary N) is 2. The second-order valence-electron chi connectivity index (χ2n) is 5.17. The second-order valence-corrected chi connectivity index (χ2v) is 6.20. The lowest BCUT2D eigenvalue weighted by Crippen LogP contribution is -2.33. The molecule has 2 rings (SSSR count). The van der Waals surface area contributed by atoms with Crippen LogP contribution in [0.15, 0.2) is 35.7 Å². The molecule has 0 fully saturated rings. The van der Waals surface area contributed by atoms with Crippen LogP contribution >= 0.6 is 11.3 Å². The van der Waals surface area contributed by atoms with Gasteiger partial charge in [-0.3, -0.25) is 9.59 Å². The summed E-state index contributed by atoms with van der Waals surface area (Å²) >= 11 is 1.63. The van der Waals surface area contributed by atoms with Gasteiger partial charge in [0, 0.05) is 17.0 Å². The first-order valence-corrected chi connectivity index (χ1v) is 8.09. The molecular formula is C17H20N2O2S. The van der Waals surface area contributed by atoms with Crippen LogP contribution in [0.25, 0.3) is 0 Å². The standard InChI is InChI=1S/C17H20N2O2S/c1-12-5-3-6-13(2)17(12)19-16(21)11-18-15(20)9-8-14-7-4-10-22-14/h3-7,10H,8-9,11H2,1-2H3,(H,18,20)(H,19,21). The Balaban J connectivity index is 1.76. The van der Waals surface area contributed by atoms with E-state index in [4.69, 9.17) is 0 Å². The van der Waals surface area contributed by atoms with E-state index >= 15 is 0 Å². The molecule has 0 aliphatic carbocycles. The van der Waals surface area contributed by atoms with Crippen molar-refractivity contribution < 1.29 is 9.59 Å². The molecule has 0 aliphatic heterocycles. The number of hydrogen-bond acceptors (Lipinski definition) is 3. The number of carbonyl (C=O) groups excluding carboxylic acids is 2. The molecule has 116 valence electrons. The fraction of sp³-hybridized carbons (Fsp3) is 0.294. The number of hydrogen-bond donors (Lipinski definition) is 2. The molecule has 0 aliphatic rings. The number of carbonyl (C=O) groups is 2. The van der Waals surface area contributed by atoms with Crippen LogP contribution in [-0.2, 0) is 16.0 Å². The molecule has 22 heavy (non-hydrogen) atoms. The molecule has 0 saturated carbocycles. The summed E-state index contributed by atoms with van der Waals surface area (Å²) in [6.07, 6.45) is 1.11. The largest absolute Gasteiger partial charge is 0.347 e. The predicted octanol–water partition coefficient (Wildman–Crippen LogP) is 3.05. The highest BCUT2D eigenvalue weighted by Gasteiger charge is 2.09. The Hall–Kier alpha value is -2.14. The van der Waals surface area contributed by atoms with E-state index in [1.165, 1.54) is 4.88 Å². The summed E-state index contributed by atoms with van der Waals surface area (Å²) in [5.41, 5.74) is 2.84. The van der Waals surface area contributed by atoms with E-state index in [2.05, 4.69) is 10.6 Å². The van der Waals surface area contributed by atoms with E-state index in [1.807, 2.05) is 49.6 Å². The van der Waals surface area contributed by atoms with Gasteiger partial charge in [-0.25, -0.2) is 0 Å². The fourth-order valence-electron chi connectivity index (χ4n) is 2.15. The predicted molar refractivity (Wildman–Crippen MR) is 90.2 cm³/mol. The third kappa shape index (κ3) is 4.70. The smallest absolute Gasteiger partial charge is 0.243 e. The van der Waals surface area contributed by atoms with Gasteiger partial charge in [-0.15, -0.1) is 11.3 Å². The number of anilines is 1. The Morgan fingerprint density at radius 3 is 2.41 bits per heavy atom. The zero-order valence-corrected chi connectivity index (χ0v) is 13.6. The number of thiophene rings is 1. The molecule has 0 radical (unpaired) electrons. The van der Waals surface area contributed by atoms with Crippen molar-refractivity contribution >= 4 is 28.8 Å². The first kappa shape index (κ1) is 16.2. The number of amides is 2. The highest BCUT2D eigenvalue weighted by atomic mass is 32.1. The average molecular weight is 316 g/mol. The van der Waals surface area contributed by atoms with Crippen LogP contribution in [0, 0.1) is 13.8 Å². The molecule has 0 saturated heterocycles. The molecule has 2 amide bonds.